The first kappa shape index (κ1) is 21.6. The standard InChI is InChI=1S/C20H22N2O4S3/c1-11(2)15-10-16(28-29(24,25)14-8-6-12(3)7-9-14)13(4)18-17(15)21-19(27-18)22-20(23)26-5/h6-11H,1-5H3,(H,21,22,23). The van der Waals surface area contributed by atoms with Crippen molar-refractivity contribution in [3.8, 4) is 0 Å². The maximum absolute atomic E-state index is 12.9. The lowest BCUT2D eigenvalue weighted by molar-refractivity contribution is 0.187. The van der Waals surface area contributed by atoms with Crippen LogP contribution in [0.2, 0.25) is 0 Å². The van der Waals surface area contributed by atoms with E-state index in [4.69, 9.17) is 0 Å². The van der Waals surface area contributed by atoms with Gasteiger partial charge in [-0.1, -0.05) is 42.9 Å². The molecule has 6 nitrogen and oxygen atoms in total. The number of amides is 1. The number of fused-ring (bicyclic) bond motifs is 1. The molecule has 1 N–H and O–H groups in total. The van der Waals surface area contributed by atoms with Gasteiger partial charge in [0.05, 0.1) is 22.2 Å². The fraction of sp³-hybridized carbons (Fsp3) is 0.300. The summed E-state index contributed by atoms with van der Waals surface area (Å²) in [7, 11) is -1.43. The van der Waals surface area contributed by atoms with E-state index < -0.39 is 15.0 Å². The van der Waals surface area contributed by atoms with Crippen LogP contribution in [0.4, 0.5) is 9.93 Å². The molecule has 0 aliphatic carbocycles. The molecule has 9 heteroatoms. The Bertz CT molecular complexity index is 1170. The molecule has 0 saturated heterocycles. The minimum absolute atomic E-state index is 0.132. The quantitative estimate of drug-likeness (QED) is 0.502. The second-order valence-corrected chi connectivity index (χ2v) is 11.7. The molecule has 0 radical (unpaired) electrons. The molecule has 29 heavy (non-hydrogen) atoms. The molecular weight excluding hydrogens is 428 g/mol. The largest absolute Gasteiger partial charge is 0.453 e. The van der Waals surface area contributed by atoms with Crippen LogP contribution < -0.4 is 5.32 Å². The lowest BCUT2D eigenvalue weighted by Crippen LogP contribution is -2.10. The third kappa shape index (κ3) is 4.57. The van der Waals surface area contributed by atoms with Crippen molar-refractivity contribution in [2.24, 2.45) is 0 Å². The number of carbonyl (C=O) groups is 1. The zero-order chi connectivity index (χ0) is 21.3. The van der Waals surface area contributed by atoms with Crippen LogP contribution in [-0.4, -0.2) is 26.6 Å². The van der Waals surface area contributed by atoms with E-state index in [1.165, 1.54) is 18.4 Å². The van der Waals surface area contributed by atoms with Crippen molar-refractivity contribution in [2.45, 2.75) is 43.4 Å². The number of carbonyl (C=O) groups excluding carboxylic acids is 1. The molecule has 0 saturated carbocycles. The molecule has 1 amide bonds. The molecule has 154 valence electrons. The number of hydrogen-bond acceptors (Lipinski definition) is 7. The summed E-state index contributed by atoms with van der Waals surface area (Å²) in [6, 6.07) is 8.72. The van der Waals surface area contributed by atoms with Crippen LogP contribution in [0.5, 0.6) is 0 Å². The van der Waals surface area contributed by atoms with E-state index in [1.807, 2.05) is 33.8 Å². The number of nitrogens with one attached hydrogen (secondary N) is 1. The Morgan fingerprint density at radius 2 is 1.86 bits per heavy atom. The van der Waals surface area contributed by atoms with Crippen molar-refractivity contribution in [3.05, 3.63) is 47.0 Å². The highest BCUT2D eigenvalue weighted by Gasteiger charge is 2.23. The molecule has 0 atom stereocenters. The Balaban J connectivity index is 2.09. The number of nitrogens with zero attached hydrogens (tertiary/aromatic N) is 1. The lowest BCUT2D eigenvalue weighted by atomic mass is 10.0. The molecule has 0 aliphatic rings. The van der Waals surface area contributed by atoms with Gasteiger partial charge in [-0.25, -0.2) is 18.2 Å². The Morgan fingerprint density at radius 1 is 1.21 bits per heavy atom. The molecular formula is C20H22N2O4S3. The third-order valence-electron chi connectivity index (χ3n) is 4.42. The van der Waals surface area contributed by atoms with Gasteiger partial charge in [-0.2, -0.15) is 0 Å². The van der Waals surface area contributed by atoms with Gasteiger partial charge in [-0.15, -0.1) is 0 Å². The van der Waals surface area contributed by atoms with Gasteiger partial charge in [-0.3, -0.25) is 5.32 Å². The van der Waals surface area contributed by atoms with E-state index in [0.717, 1.165) is 37.7 Å². The van der Waals surface area contributed by atoms with Gasteiger partial charge in [-0.05, 0) is 49.1 Å². The minimum Gasteiger partial charge on any atom is -0.453 e. The molecule has 0 fully saturated rings. The molecule has 3 rings (SSSR count). The highest BCUT2D eigenvalue weighted by molar-refractivity contribution is 8.72. The van der Waals surface area contributed by atoms with E-state index >= 15 is 0 Å². The van der Waals surface area contributed by atoms with Crippen molar-refractivity contribution in [1.29, 1.82) is 0 Å². The van der Waals surface area contributed by atoms with Gasteiger partial charge in [0.1, 0.15) is 0 Å². The van der Waals surface area contributed by atoms with Crippen molar-refractivity contribution in [1.82, 2.24) is 4.98 Å². The monoisotopic (exact) mass is 450 g/mol. The second-order valence-electron chi connectivity index (χ2n) is 6.91. The van der Waals surface area contributed by atoms with Crippen molar-refractivity contribution >= 4 is 52.4 Å². The maximum atomic E-state index is 12.9. The van der Waals surface area contributed by atoms with Crippen molar-refractivity contribution in [3.63, 3.8) is 0 Å². The molecule has 1 aromatic heterocycles. The predicted octanol–water partition coefficient (Wildman–Crippen LogP) is 5.70. The molecule has 0 spiro atoms. The van der Waals surface area contributed by atoms with Crippen molar-refractivity contribution in [2.75, 3.05) is 12.4 Å². The van der Waals surface area contributed by atoms with Crippen molar-refractivity contribution < 1.29 is 17.9 Å². The molecule has 1 heterocycles. The Hall–Kier alpha value is -2.10. The van der Waals surface area contributed by atoms with Gasteiger partial charge >= 0.3 is 6.09 Å². The number of anilines is 1. The summed E-state index contributed by atoms with van der Waals surface area (Å²) in [5.41, 5.74) is 3.52. The van der Waals surface area contributed by atoms with Crippen LogP contribution in [0.25, 0.3) is 10.2 Å². The fourth-order valence-corrected chi connectivity index (χ4v) is 6.90. The number of thiazole rings is 1. The van der Waals surface area contributed by atoms with Crippen LogP contribution >= 0.6 is 22.1 Å². The van der Waals surface area contributed by atoms with Crippen LogP contribution in [0.3, 0.4) is 0 Å². The van der Waals surface area contributed by atoms with E-state index in [-0.39, 0.29) is 10.8 Å². The van der Waals surface area contributed by atoms with Crippen LogP contribution in [-0.2, 0) is 13.6 Å². The second kappa shape index (κ2) is 8.33. The van der Waals surface area contributed by atoms with Gasteiger partial charge in [0.2, 0.25) is 8.87 Å². The Labute approximate surface area is 178 Å². The van der Waals surface area contributed by atoms with E-state index in [2.05, 4.69) is 15.0 Å². The number of benzene rings is 2. The van der Waals surface area contributed by atoms with Crippen LogP contribution in [0.1, 0.15) is 36.5 Å². The lowest BCUT2D eigenvalue weighted by Gasteiger charge is -2.13. The fourth-order valence-electron chi connectivity index (χ4n) is 2.79. The average Bonchev–Trinajstić information content (AvgIpc) is 3.07. The molecule has 0 unspecified atom stereocenters. The van der Waals surface area contributed by atoms with Gasteiger partial charge in [0.15, 0.2) is 5.13 Å². The normalized spacial score (nSPS) is 11.8. The first-order valence-electron chi connectivity index (χ1n) is 8.92. The zero-order valence-corrected chi connectivity index (χ0v) is 19.2. The molecule has 0 aliphatic heterocycles. The summed E-state index contributed by atoms with van der Waals surface area (Å²) in [5.74, 6) is 0.132. The average molecular weight is 451 g/mol. The summed E-state index contributed by atoms with van der Waals surface area (Å²) < 4.78 is 31.4. The first-order chi connectivity index (χ1) is 13.6. The predicted molar refractivity (Wildman–Crippen MR) is 119 cm³/mol. The molecule has 0 bridgehead atoms. The Morgan fingerprint density at radius 3 is 2.45 bits per heavy atom. The summed E-state index contributed by atoms with van der Waals surface area (Å²) in [4.78, 5) is 17.0. The van der Waals surface area contributed by atoms with E-state index in [9.17, 15) is 13.2 Å². The number of ether oxygens (including phenoxy) is 1. The minimum atomic E-state index is -3.57. The zero-order valence-electron chi connectivity index (χ0n) is 16.8. The number of rotatable bonds is 5. The summed E-state index contributed by atoms with van der Waals surface area (Å²) in [6.45, 7) is 7.85. The molecule has 2 aromatic carbocycles. The summed E-state index contributed by atoms with van der Waals surface area (Å²) in [5, 5.41) is 3.01. The third-order valence-corrected chi connectivity index (χ3v) is 8.96. The maximum Gasteiger partial charge on any atom is 0.413 e. The number of aryl methyl sites for hydroxylation is 2. The summed E-state index contributed by atoms with van der Waals surface area (Å²) in [6.07, 6.45) is -0.593. The summed E-state index contributed by atoms with van der Waals surface area (Å²) >= 11 is 1.31. The van der Waals surface area contributed by atoms with E-state index in [1.54, 1.807) is 24.3 Å². The van der Waals surface area contributed by atoms with Crippen LogP contribution in [0, 0.1) is 13.8 Å². The van der Waals surface area contributed by atoms with Gasteiger partial charge < -0.3 is 4.74 Å². The first-order valence-corrected chi connectivity index (χ1v) is 12.6. The smallest absolute Gasteiger partial charge is 0.413 e. The number of hydrogen-bond donors (Lipinski definition) is 1. The highest BCUT2D eigenvalue weighted by Crippen LogP contribution is 2.42. The number of aromatic nitrogens is 1. The van der Waals surface area contributed by atoms with Gasteiger partial charge in [0.25, 0.3) is 0 Å². The SMILES string of the molecule is COC(=O)Nc1nc2c(C(C)C)cc(SS(=O)(=O)c3ccc(C)cc3)c(C)c2s1. The topological polar surface area (TPSA) is 85.4 Å². The van der Waals surface area contributed by atoms with E-state index in [0.29, 0.717) is 10.0 Å². The number of methoxy groups -OCH3 is 1. The molecule has 3 aromatic rings. The van der Waals surface area contributed by atoms with Gasteiger partial charge in [0, 0.05) is 15.7 Å². The van der Waals surface area contributed by atoms with Crippen LogP contribution in [0.15, 0.2) is 40.1 Å². The Kier molecular flexibility index (Phi) is 6.21. The highest BCUT2D eigenvalue weighted by atomic mass is 33.1.